The molecule has 0 N–H and O–H groups in total. The molecule has 0 saturated carbocycles. The van der Waals surface area contributed by atoms with Crippen molar-refractivity contribution in [2.45, 2.75) is 58.7 Å². The molecule has 0 spiro atoms. The van der Waals surface area contributed by atoms with Crippen LogP contribution in [-0.2, 0) is 4.74 Å². The van der Waals surface area contributed by atoms with Gasteiger partial charge in [-0.1, -0.05) is 33.8 Å². The van der Waals surface area contributed by atoms with E-state index < -0.39 is 0 Å². The topological polar surface area (TPSA) is 9.23 Å². The Kier molecular flexibility index (Phi) is 3.77. The summed E-state index contributed by atoms with van der Waals surface area (Å²) in [5, 5.41) is 0. The summed E-state index contributed by atoms with van der Waals surface area (Å²) in [5.74, 6) is 1.22. The molecular formula is C13H24O. The summed E-state index contributed by atoms with van der Waals surface area (Å²) in [5.41, 5.74) is 0.119. The third-order valence-electron chi connectivity index (χ3n) is 3.63. The van der Waals surface area contributed by atoms with Crippen LogP contribution in [0, 0.1) is 11.8 Å². The van der Waals surface area contributed by atoms with Gasteiger partial charge in [-0.05, 0) is 31.1 Å². The lowest BCUT2D eigenvalue weighted by molar-refractivity contribution is -0.0998. The maximum absolute atomic E-state index is 6.24. The van der Waals surface area contributed by atoms with Gasteiger partial charge in [0.15, 0.2) is 0 Å². The summed E-state index contributed by atoms with van der Waals surface area (Å²) in [6, 6.07) is 0. The predicted octanol–water partition coefficient (Wildman–Crippen LogP) is 3.79. The van der Waals surface area contributed by atoms with Crippen LogP contribution in [0.5, 0.6) is 0 Å². The lowest BCUT2D eigenvalue weighted by Crippen LogP contribution is -2.40. The van der Waals surface area contributed by atoms with Crippen LogP contribution in [-0.4, -0.2) is 11.7 Å². The molecule has 1 rings (SSSR count). The molecule has 1 aliphatic heterocycles. The highest BCUT2D eigenvalue weighted by Crippen LogP contribution is 2.42. The van der Waals surface area contributed by atoms with Crippen molar-refractivity contribution in [3.05, 3.63) is 12.7 Å². The Morgan fingerprint density at radius 2 is 1.93 bits per heavy atom. The van der Waals surface area contributed by atoms with Crippen molar-refractivity contribution < 1.29 is 4.74 Å². The molecule has 1 heteroatoms. The first-order valence-electron chi connectivity index (χ1n) is 5.81. The Balaban J connectivity index is 2.69. The standard InChI is InChI=1S/C13H24O/c1-6-7-12-8-9-13(14-12,10(2)3)11(4)5/h6,10-12H,1,7-9H2,2-5H3. The summed E-state index contributed by atoms with van der Waals surface area (Å²) in [6.07, 6.45) is 5.79. The van der Waals surface area contributed by atoms with Gasteiger partial charge in [0.05, 0.1) is 11.7 Å². The fourth-order valence-electron chi connectivity index (χ4n) is 2.68. The van der Waals surface area contributed by atoms with Gasteiger partial charge in [-0.3, -0.25) is 0 Å². The highest BCUT2D eigenvalue weighted by molar-refractivity contribution is 4.95. The molecule has 1 atom stereocenters. The molecule has 1 aliphatic rings. The Morgan fingerprint density at radius 3 is 2.29 bits per heavy atom. The van der Waals surface area contributed by atoms with Crippen LogP contribution in [0.15, 0.2) is 12.7 Å². The van der Waals surface area contributed by atoms with Crippen molar-refractivity contribution in [3.63, 3.8) is 0 Å². The van der Waals surface area contributed by atoms with Crippen LogP contribution in [0.2, 0.25) is 0 Å². The van der Waals surface area contributed by atoms with Crippen molar-refractivity contribution in [1.29, 1.82) is 0 Å². The first-order valence-corrected chi connectivity index (χ1v) is 5.81. The zero-order valence-corrected chi connectivity index (χ0v) is 10.0. The summed E-state index contributed by atoms with van der Waals surface area (Å²) in [7, 11) is 0. The quantitative estimate of drug-likeness (QED) is 0.622. The molecule has 1 fully saturated rings. The van der Waals surface area contributed by atoms with E-state index in [1.165, 1.54) is 12.8 Å². The fraction of sp³-hybridized carbons (Fsp3) is 0.846. The second-order valence-electron chi connectivity index (χ2n) is 5.07. The average molecular weight is 196 g/mol. The Morgan fingerprint density at radius 1 is 1.36 bits per heavy atom. The van der Waals surface area contributed by atoms with Gasteiger partial charge in [-0.25, -0.2) is 0 Å². The van der Waals surface area contributed by atoms with E-state index in [0.29, 0.717) is 17.9 Å². The van der Waals surface area contributed by atoms with Crippen LogP contribution in [0.25, 0.3) is 0 Å². The van der Waals surface area contributed by atoms with Gasteiger partial charge in [-0.2, -0.15) is 0 Å². The second-order valence-corrected chi connectivity index (χ2v) is 5.07. The highest BCUT2D eigenvalue weighted by Gasteiger charge is 2.44. The fourth-order valence-corrected chi connectivity index (χ4v) is 2.68. The monoisotopic (exact) mass is 196 g/mol. The minimum Gasteiger partial charge on any atom is -0.371 e. The van der Waals surface area contributed by atoms with Gasteiger partial charge in [-0.15, -0.1) is 6.58 Å². The predicted molar refractivity (Wildman–Crippen MR) is 61.3 cm³/mol. The second kappa shape index (κ2) is 4.48. The molecule has 0 bridgehead atoms. The van der Waals surface area contributed by atoms with E-state index in [1.807, 2.05) is 6.08 Å². The molecule has 0 radical (unpaired) electrons. The molecule has 1 nitrogen and oxygen atoms in total. The van der Waals surface area contributed by atoms with Crippen LogP contribution < -0.4 is 0 Å². The molecule has 0 aliphatic carbocycles. The van der Waals surface area contributed by atoms with Crippen LogP contribution in [0.1, 0.15) is 47.0 Å². The Labute approximate surface area is 88.5 Å². The molecule has 1 heterocycles. The van der Waals surface area contributed by atoms with Gasteiger partial charge in [0, 0.05) is 0 Å². The molecular weight excluding hydrogens is 172 g/mol. The van der Waals surface area contributed by atoms with E-state index >= 15 is 0 Å². The molecule has 0 aromatic heterocycles. The minimum absolute atomic E-state index is 0.119. The molecule has 0 aromatic rings. The van der Waals surface area contributed by atoms with Crippen LogP contribution in [0.4, 0.5) is 0 Å². The van der Waals surface area contributed by atoms with Gasteiger partial charge < -0.3 is 4.74 Å². The normalized spacial score (nSPS) is 26.0. The average Bonchev–Trinajstić information content (AvgIpc) is 2.50. The smallest absolute Gasteiger partial charge is 0.0732 e. The molecule has 0 aromatic carbocycles. The van der Waals surface area contributed by atoms with Gasteiger partial charge in [0.1, 0.15) is 0 Å². The summed E-state index contributed by atoms with van der Waals surface area (Å²) in [4.78, 5) is 0. The van der Waals surface area contributed by atoms with Crippen LogP contribution in [0.3, 0.4) is 0 Å². The molecule has 0 amide bonds. The van der Waals surface area contributed by atoms with Crippen LogP contribution >= 0.6 is 0 Å². The van der Waals surface area contributed by atoms with Crippen molar-refractivity contribution in [2.75, 3.05) is 0 Å². The van der Waals surface area contributed by atoms with E-state index in [-0.39, 0.29) is 5.60 Å². The summed E-state index contributed by atoms with van der Waals surface area (Å²) >= 11 is 0. The third kappa shape index (κ3) is 2.03. The maximum Gasteiger partial charge on any atom is 0.0732 e. The zero-order valence-electron chi connectivity index (χ0n) is 10.0. The van der Waals surface area contributed by atoms with Gasteiger partial charge in [0.25, 0.3) is 0 Å². The first-order chi connectivity index (χ1) is 6.53. The van der Waals surface area contributed by atoms with Crippen molar-refractivity contribution >= 4 is 0 Å². The zero-order chi connectivity index (χ0) is 10.8. The highest BCUT2D eigenvalue weighted by atomic mass is 16.5. The number of rotatable bonds is 4. The first kappa shape index (κ1) is 11.8. The van der Waals surface area contributed by atoms with E-state index in [9.17, 15) is 0 Å². The summed E-state index contributed by atoms with van der Waals surface area (Å²) in [6.45, 7) is 12.9. The molecule has 14 heavy (non-hydrogen) atoms. The number of hydrogen-bond acceptors (Lipinski definition) is 1. The van der Waals surface area contributed by atoms with E-state index in [1.54, 1.807) is 0 Å². The van der Waals surface area contributed by atoms with E-state index in [4.69, 9.17) is 4.74 Å². The lowest BCUT2D eigenvalue weighted by Gasteiger charge is -2.37. The Bertz CT molecular complexity index is 185. The molecule has 1 saturated heterocycles. The van der Waals surface area contributed by atoms with Crippen molar-refractivity contribution in [2.24, 2.45) is 11.8 Å². The summed E-state index contributed by atoms with van der Waals surface area (Å²) < 4.78 is 6.24. The molecule has 1 unspecified atom stereocenters. The Hall–Kier alpha value is -0.300. The lowest BCUT2D eigenvalue weighted by atomic mass is 9.78. The van der Waals surface area contributed by atoms with E-state index in [0.717, 1.165) is 6.42 Å². The van der Waals surface area contributed by atoms with Gasteiger partial charge in [0.2, 0.25) is 0 Å². The van der Waals surface area contributed by atoms with Gasteiger partial charge >= 0.3 is 0 Å². The minimum atomic E-state index is 0.119. The van der Waals surface area contributed by atoms with Crippen molar-refractivity contribution in [1.82, 2.24) is 0 Å². The molecule has 82 valence electrons. The largest absolute Gasteiger partial charge is 0.371 e. The maximum atomic E-state index is 6.24. The van der Waals surface area contributed by atoms with E-state index in [2.05, 4.69) is 34.3 Å². The SMILES string of the molecule is C=CCC1CCC(C(C)C)(C(C)C)O1. The van der Waals surface area contributed by atoms with Crippen molar-refractivity contribution in [3.8, 4) is 0 Å². The third-order valence-corrected chi connectivity index (χ3v) is 3.63. The number of hydrogen-bond donors (Lipinski definition) is 0. The number of ether oxygens (including phenoxy) is 1.